The third kappa shape index (κ3) is 1.41. The zero-order valence-corrected chi connectivity index (χ0v) is 8.74. The highest BCUT2D eigenvalue weighted by molar-refractivity contribution is 5.75. The van der Waals surface area contributed by atoms with Crippen molar-refractivity contribution >= 4 is 5.97 Å². The molecule has 0 radical (unpaired) electrons. The van der Waals surface area contributed by atoms with Gasteiger partial charge in [0.1, 0.15) is 0 Å². The van der Waals surface area contributed by atoms with Gasteiger partial charge in [-0.2, -0.15) is 5.26 Å². The summed E-state index contributed by atoms with van der Waals surface area (Å²) in [6, 6.07) is 2.00. The van der Waals surface area contributed by atoms with Crippen molar-refractivity contribution in [3.05, 3.63) is 12.2 Å². The number of nitriles is 1. The van der Waals surface area contributed by atoms with E-state index < -0.39 is 5.97 Å². The molecule has 1 rings (SSSR count). The van der Waals surface area contributed by atoms with Crippen molar-refractivity contribution in [1.82, 2.24) is 0 Å². The fourth-order valence-corrected chi connectivity index (χ4v) is 2.40. The number of carboxylic acid groups (broad SMARTS) is 1. The van der Waals surface area contributed by atoms with Crippen LogP contribution in [0.25, 0.3) is 0 Å². The first kappa shape index (κ1) is 10.8. The zero-order chi connectivity index (χ0) is 11.1. The van der Waals surface area contributed by atoms with E-state index in [4.69, 9.17) is 10.4 Å². The molecule has 0 amide bonds. The van der Waals surface area contributed by atoms with Gasteiger partial charge in [-0.05, 0) is 17.3 Å². The van der Waals surface area contributed by atoms with Crippen LogP contribution in [0.2, 0.25) is 0 Å². The maximum atomic E-state index is 10.9. The number of hydrogen-bond acceptors (Lipinski definition) is 2. The predicted molar refractivity (Wildman–Crippen MR) is 52.3 cm³/mol. The first-order valence-electron chi connectivity index (χ1n) is 4.65. The van der Waals surface area contributed by atoms with Crippen LogP contribution < -0.4 is 0 Å². The molecule has 3 heteroatoms. The first-order valence-corrected chi connectivity index (χ1v) is 4.65. The minimum atomic E-state index is -0.766. The molecule has 1 saturated carbocycles. The van der Waals surface area contributed by atoms with Crippen molar-refractivity contribution in [3.63, 3.8) is 0 Å². The predicted octanol–water partition coefficient (Wildman–Crippen LogP) is 2.06. The molecule has 1 aliphatic rings. The molecule has 1 fully saturated rings. The van der Waals surface area contributed by atoms with Crippen molar-refractivity contribution in [2.45, 2.75) is 20.8 Å². The van der Waals surface area contributed by atoms with Gasteiger partial charge in [0.2, 0.25) is 0 Å². The topological polar surface area (TPSA) is 61.1 Å². The lowest BCUT2D eigenvalue weighted by Gasteiger charge is -2.09. The Morgan fingerprint density at radius 1 is 1.64 bits per heavy atom. The Labute approximate surface area is 84.0 Å². The van der Waals surface area contributed by atoms with E-state index in [1.807, 2.05) is 26.8 Å². The van der Waals surface area contributed by atoms with Crippen molar-refractivity contribution in [2.24, 2.45) is 23.2 Å². The smallest absolute Gasteiger partial charge is 0.307 e. The van der Waals surface area contributed by atoms with Gasteiger partial charge >= 0.3 is 5.97 Å². The number of carbonyl (C=O) groups is 1. The maximum Gasteiger partial charge on any atom is 0.307 e. The largest absolute Gasteiger partial charge is 0.481 e. The number of rotatable bonds is 3. The van der Waals surface area contributed by atoms with Crippen molar-refractivity contribution in [3.8, 4) is 6.07 Å². The van der Waals surface area contributed by atoms with Crippen molar-refractivity contribution in [2.75, 3.05) is 0 Å². The van der Waals surface area contributed by atoms with Crippen molar-refractivity contribution < 1.29 is 9.90 Å². The van der Waals surface area contributed by atoms with E-state index in [1.165, 1.54) is 0 Å². The quantitative estimate of drug-likeness (QED) is 0.698. The van der Waals surface area contributed by atoms with E-state index >= 15 is 0 Å². The Morgan fingerprint density at radius 3 is 2.43 bits per heavy atom. The molecule has 0 spiro atoms. The lowest BCUT2D eigenvalue weighted by molar-refractivity contribution is -0.139. The normalized spacial score (nSPS) is 30.1. The third-order valence-electron chi connectivity index (χ3n) is 3.41. The van der Waals surface area contributed by atoms with E-state index in [1.54, 1.807) is 0 Å². The Balaban J connectivity index is 2.80. The molecule has 76 valence electrons. The molecule has 0 heterocycles. The molecule has 3 nitrogen and oxygen atoms in total. The van der Waals surface area contributed by atoms with Crippen LogP contribution in [0.1, 0.15) is 20.8 Å². The molecule has 0 aromatic rings. The second-order valence-corrected chi connectivity index (χ2v) is 4.59. The Bertz CT molecular complexity index is 325. The van der Waals surface area contributed by atoms with Gasteiger partial charge in [-0.25, -0.2) is 0 Å². The molecule has 3 atom stereocenters. The van der Waals surface area contributed by atoms with E-state index in [2.05, 4.69) is 6.58 Å². The summed E-state index contributed by atoms with van der Waals surface area (Å²) in [4.78, 5) is 10.9. The van der Waals surface area contributed by atoms with Crippen LogP contribution in [0.3, 0.4) is 0 Å². The molecule has 14 heavy (non-hydrogen) atoms. The molecule has 3 unspecified atom stereocenters. The Kier molecular flexibility index (Phi) is 2.41. The molecule has 0 bridgehead atoms. The monoisotopic (exact) mass is 193 g/mol. The van der Waals surface area contributed by atoms with Crippen LogP contribution in [0.4, 0.5) is 0 Å². The molecule has 0 aliphatic heterocycles. The van der Waals surface area contributed by atoms with Gasteiger partial charge in [0.25, 0.3) is 0 Å². The molecule has 0 aromatic carbocycles. The highest BCUT2D eigenvalue weighted by Crippen LogP contribution is 2.62. The summed E-state index contributed by atoms with van der Waals surface area (Å²) in [5, 5.41) is 17.6. The first-order chi connectivity index (χ1) is 6.34. The summed E-state index contributed by atoms with van der Waals surface area (Å²) >= 11 is 0. The van der Waals surface area contributed by atoms with E-state index in [0.717, 1.165) is 0 Å². The van der Waals surface area contributed by atoms with Gasteiger partial charge < -0.3 is 5.11 Å². The van der Waals surface area contributed by atoms with Crippen LogP contribution in [0, 0.1) is 34.5 Å². The van der Waals surface area contributed by atoms with Gasteiger partial charge in [-0.3, -0.25) is 4.79 Å². The number of hydrogen-bond donors (Lipinski definition) is 1. The summed E-state index contributed by atoms with van der Waals surface area (Å²) in [6.45, 7) is 9.37. The fourth-order valence-electron chi connectivity index (χ4n) is 2.40. The fraction of sp³-hybridized carbons (Fsp3) is 0.636. The number of nitrogens with zero attached hydrogens (tertiary/aromatic N) is 1. The minimum Gasteiger partial charge on any atom is -0.481 e. The maximum absolute atomic E-state index is 10.9. The highest BCUT2D eigenvalue weighted by Gasteiger charge is 2.64. The summed E-state index contributed by atoms with van der Waals surface area (Å²) in [5.74, 6) is -1.08. The highest BCUT2D eigenvalue weighted by atomic mass is 16.4. The van der Waals surface area contributed by atoms with Gasteiger partial charge in [-0.15, -0.1) is 0 Å². The second kappa shape index (κ2) is 3.13. The third-order valence-corrected chi connectivity index (χ3v) is 3.41. The summed E-state index contributed by atoms with van der Waals surface area (Å²) < 4.78 is 0. The Hall–Kier alpha value is -1.30. The van der Waals surface area contributed by atoms with Crippen LogP contribution in [0.15, 0.2) is 12.2 Å². The van der Waals surface area contributed by atoms with E-state index in [-0.39, 0.29) is 23.2 Å². The molecular formula is C11H15NO2. The number of carboxylic acids is 1. The van der Waals surface area contributed by atoms with Crippen LogP contribution in [-0.2, 0) is 4.79 Å². The SMILES string of the molecule is C=C(C#N)C(C)C1C(C(=O)O)C1(C)C. The number of aliphatic carboxylic acids is 1. The molecule has 0 aromatic heterocycles. The zero-order valence-electron chi connectivity index (χ0n) is 8.74. The Morgan fingerprint density at radius 2 is 2.14 bits per heavy atom. The second-order valence-electron chi connectivity index (χ2n) is 4.59. The standard InChI is InChI=1S/C11H15NO2/c1-6(5-12)7(2)8-9(10(13)14)11(8,3)4/h7-9H,1H2,2-4H3,(H,13,14). The van der Waals surface area contributed by atoms with Crippen LogP contribution in [-0.4, -0.2) is 11.1 Å². The van der Waals surface area contributed by atoms with E-state index in [9.17, 15) is 4.79 Å². The summed E-state index contributed by atoms with van der Waals surface area (Å²) in [5.41, 5.74) is 0.275. The summed E-state index contributed by atoms with van der Waals surface area (Å²) in [7, 11) is 0. The minimum absolute atomic E-state index is 0.0314. The molecular weight excluding hydrogens is 178 g/mol. The number of allylic oxidation sites excluding steroid dienone is 1. The molecule has 0 saturated heterocycles. The van der Waals surface area contributed by atoms with Crippen LogP contribution >= 0.6 is 0 Å². The van der Waals surface area contributed by atoms with Crippen molar-refractivity contribution in [1.29, 1.82) is 5.26 Å². The molecule has 1 aliphatic carbocycles. The molecule has 1 N–H and O–H groups in total. The summed E-state index contributed by atoms with van der Waals surface area (Å²) in [6.07, 6.45) is 0. The van der Waals surface area contributed by atoms with Gasteiger partial charge in [-0.1, -0.05) is 27.4 Å². The lowest BCUT2D eigenvalue weighted by Crippen LogP contribution is -2.06. The van der Waals surface area contributed by atoms with Gasteiger partial charge in [0.05, 0.1) is 12.0 Å². The average Bonchev–Trinajstić information content (AvgIpc) is 2.66. The van der Waals surface area contributed by atoms with Gasteiger partial charge in [0, 0.05) is 5.57 Å². The van der Waals surface area contributed by atoms with E-state index in [0.29, 0.717) is 5.57 Å². The van der Waals surface area contributed by atoms with Crippen LogP contribution in [0.5, 0.6) is 0 Å². The average molecular weight is 193 g/mol. The van der Waals surface area contributed by atoms with Gasteiger partial charge in [0.15, 0.2) is 0 Å². The lowest BCUT2D eigenvalue weighted by atomic mass is 9.93.